The summed E-state index contributed by atoms with van der Waals surface area (Å²) in [7, 11) is 0. The number of carbonyl (C=O) groups excluding carboxylic acids is 1. The van der Waals surface area contributed by atoms with E-state index < -0.39 is 0 Å². The van der Waals surface area contributed by atoms with Gasteiger partial charge in [0.2, 0.25) is 0 Å². The molecule has 0 fully saturated rings. The van der Waals surface area contributed by atoms with Crippen LogP contribution in [0.5, 0.6) is 0 Å². The fourth-order valence-corrected chi connectivity index (χ4v) is 0.650. The van der Waals surface area contributed by atoms with Gasteiger partial charge in [0.15, 0.2) is 0 Å². The third-order valence-electron chi connectivity index (χ3n) is 1.25. The Hall–Kier alpha value is -0.940. The minimum Gasteiger partial charge on any atom is -0.396 e. The zero-order valence-electron chi connectivity index (χ0n) is 7.82. The quantitative estimate of drug-likeness (QED) is 0.333. The van der Waals surface area contributed by atoms with Gasteiger partial charge in [-0.25, -0.2) is 5.43 Å². The Labute approximate surface area is 77.8 Å². The largest absolute Gasteiger partial charge is 0.396 e. The number of hydrazone groups is 1. The van der Waals surface area contributed by atoms with Crippen LogP contribution in [0, 0.1) is 0 Å². The second-order valence-electron chi connectivity index (χ2n) is 2.41. The van der Waals surface area contributed by atoms with Gasteiger partial charge in [0.05, 0.1) is 0 Å². The molecule has 0 spiro atoms. The number of aliphatic hydroxyl groups is 1. The molecule has 5 heteroatoms. The molecule has 0 saturated heterocycles. The molecule has 0 heterocycles. The minimum atomic E-state index is -0.262. The number of rotatable bonds is 7. The molecule has 0 aliphatic heterocycles. The SMILES string of the molecule is CC=NNC(=O)COCCCCO. The van der Waals surface area contributed by atoms with E-state index in [1.54, 1.807) is 6.92 Å². The monoisotopic (exact) mass is 188 g/mol. The lowest BCUT2D eigenvalue weighted by Gasteiger charge is -2.01. The molecule has 0 aliphatic carbocycles. The van der Waals surface area contributed by atoms with Crippen LogP contribution in [0.1, 0.15) is 19.8 Å². The van der Waals surface area contributed by atoms with E-state index in [1.807, 2.05) is 0 Å². The van der Waals surface area contributed by atoms with E-state index in [0.29, 0.717) is 13.0 Å². The molecule has 0 aromatic rings. The highest BCUT2D eigenvalue weighted by Crippen LogP contribution is 1.87. The molecule has 13 heavy (non-hydrogen) atoms. The van der Waals surface area contributed by atoms with Crippen LogP contribution in [0.4, 0.5) is 0 Å². The molecule has 0 unspecified atom stereocenters. The van der Waals surface area contributed by atoms with Crippen LogP contribution in [0.3, 0.4) is 0 Å². The number of hydrogen-bond donors (Lipinski definition) is 2. The fraction of sp³-hybridized carbons (Fsp3) is 0.750. The second kappa shape index (κ2) is 9.15. The molecule has 0 aliphatic rings. The summed E-state index contributed by atoms with van der Waals surface area (Å²) in [6.45, 7) is 2.38. The normalized spacial score (nSPS) is 10.6. The van der Waals surface area contributed by atoms with E-state index in [2.05, 4.69) is 10.5 Å². The Balaban J connectivity index is 3.17. The molecular formula is C8H16N2O3. The van der Waals surface area contributed by atoms with Gasteiger partial charge in [0, 0.05) is 19.4 Å². The fourth-order valence-electron chi connectivity index (χ4n) is 0.650. The highest BCUT2D eigenvalue weighted by atomic mass is 16.5. The first kappa shape index (κ1) is 12.1. The lowest BCUT2D eigenvalue weighted by molar-refractivity contribution is -0.125. The average Bonchev–Trinajstić information content (AvgIpc) is 2.14. The summed E-state index contributed by atoms with van der Waals surface area (Å²) >= 11 is 0. The number of aliphatic hydroxyl groups excluding tert-OH is 1. The first-order valence-corrected chi connectivity index (χ1v) is 4.26. The molecule has 0 aromatic carbocycles. The standard InChI is InChI=1S/C8H16N2O3/c1-2-9-10-8(12)7-13-6-4-3-5-11/h2,11H,3-7H2,1H3,(H,10,12). The van der Waals surface area contributed by atoms with Crippen LogP contribution < -0.4 is 5.43 Å². The molecule has 1 amide bonds. The number of nitrogens with one attached hydrogen (secondary N) is 1. The summed E-state index contributed by atoms with van der Waals surface area (Å²) in [5, 5.41) is 12.0. The maximum atomic E-state index is 10.8. The zero-order chi connectivity index (χ0) is 9.94. The Kier molecular flexibility index (Phi) is 8.49. The summed E-state index contributed by atoms with van der Waals surface area (Å²) in [4.78, 5) is 10.8. The number of amides is 1. The van der Waals surface area contributed by atoms with Crippen molar-refractivity contribution in [2.24, 2.45) is 5.10 Å². The molecule has 2 N–H and O–H groups in total. The maximum absolute atomic E-state index is 10.8. The van der Waals surface area contributed by atoms with Crippen LogP contribution >= 0.6 is 0 Å². The van der Waals surface area contributed by atoms with E-state index in [1.165, 1.54) is 6.21 Å². The Bertz CT molecular complexity index is 159. The van der Waals surface area contributed by atoms with Crippen molar-refractivity contribution in [3.8, 4) is 0 Å². The van der Waals surface area contributed by atoms with Crippen molar-refractivity contribution in [3.63, 3.8) is 0 Å². The predicted octanol–water partition coefficient (Wildman–Crippen LogP) is -0.103. The maximum Gasteiger partial charge on any atom is 0.266 e. The molecule has 5 nitrogen and oxygen atoms in total. The molecule has 0 aromatic heterocycles. The van der Waals surface area contributed by atoms with E-state index in [-0.39, 0.29) is 19.1 Å². The van der Waals surface area contributed by atoms with E-state index in [0.717, 1.165) is 6.42 Å². The molecule has 0 radical (unpaired) electrons. The van der Waals surface area contributed by atoms with Gasteiger partial charge in [-0.15, -0.1) is 0 Å². The minimum absolute atomic E-state index is 0.0166. The summed E-state index contributed by atoms with van der Waals surface area (Å²) in [5.74, 6) is -0.262. The Morgan fingerprint density at radius 1 is 1.62 bits per heavy atom. The summed E-state index contributed by atoms with van der Waals surface area (Å²) in [6.07, 6.45) is 2.96. The first-order valence-electron chi connectivity index (χ1n) is 4.26. The van der Waals surface area contributed by atoms with Crippen molar-refractivity contribution >= 4 is 12.1 Å². The van der Waals surface area contributed by atoms with Gasteiger partial charge in [-0.2, -0.15) is 5.10 Å². The second-order valence-corrected chi connectivity index (χ2v) is 2.41. The van der Waals surface area contributed by atoms with E-state index >= 15 is 0 Å². The van der Waals surface area contributed by atoms with E-state index in [4.69, 9.17) is 9.84 Å². The van der Waals surface area contributed by atoms with Crippen molar-refractivity contribution in [1.29, 1.82) is 0 Å². The van der Waals surface area contributed by atoms with Gasteiger partial charge in [0.25, 0.3) is 5.91 Å². The smallest absolute Gasteiger partial charge is 0.266 e. The molecule has 0 atom stereocenters. The molecule has 0 rings (SSSR count). The van der Waals surface area contributed by atoms with Gasteiger partial charge in [0.1, 0.15) is 6.61 Å². The number of ether oxygens (including phenoxy) is 1. The number of carbonyl (C=O) groups is 1. The summed E-state index contributed by atoms with van der Waals surface area (Å²) < 4.78 is 5.00. The molecule has 0 saturated carbocycles. The summed E-state index contributed by atoms with van der Waals surface area (Å²) in [5.41, 5.74) is 2.28. The first-order chi connectivity index (χ1) is 6.31. The third-order valence-corrected chi connectivity index (χ3v) is 1.25. The number of unbranched alkanes of at least 4 members (excludes halogenated alkanes) is 1. The molecular weight excluding hydrogens is 172 g/mol. The van der Waals surface area contributed by atoms with Crippen molar-refractivity contribution in [2.45, 2.75) is 19.8 Å². The van der Waals surface area contributed by atoms with Crippen molar-refractivity contribution < 1.29 is 14.6 Å². The van der Waals surface area contributed by atoms with Gasteiger partial charge in [-0.05, 0) is 19.8 Å². The molecule has 76 valence electrons. The summed E-state index contributed by atoms with van der Waals surface area (Å²) in [6, 6.07) is 0. The van der Waals surface area contributed by atoms with Crippen LogP contribution in [0.2, 0.25) is 0 Å². The van der Waals surface area contributed by atoms with Crippen molar-refractivity contribution in [2.75, 3.05) is 19.8 Å². The van der Waals surface area contributed by atoms with Crippen LogP contribution in [-0.2, 0) is 9.53 Å². The van der Waals surface area contributed by atoms with Crippen LogP contribution in [0.25, 0.3) is 0 Å². The van der Waals surface area contributed by atoms with Crippen LogP contribution in [0.15, 0.2) is 5.10 Å². The van der Waals surface area contributed by atoms with Gasteiger partial charge < -0.3 is 9.84 Å². The van der Waals surface area contributed by atoms with Crippen molar-refractivity contribution in [1.82, 2.24) is 5.43 Å². The highest BCUT2D eigenvalue weighted by Gasteiger charge is 1.97. The average molecular weight is 188 g/mol. The third kappa shape index (κ3) is 8.97. The van der Waals surface area contributed by atoms with Crippen molar-refractivity contribution in [3.05, 3.63) is 0 Å². The Morgan fingerprint density at radius 2 is 2.38 bits per heavy atom. The lowest BCUT2D eigenvalue weighted by Crippen LogP contribution is -2.23. The van der Waals surface area contributed by atoms with Gasteiger partial charge in [-0.3, -0.25) is 4.79 Å². The predicted molar refractivity (Wildman–Crippen MR) is 49.4 cm³/mol. The van der Waals surface area contributed by atoms with Crippen LogP contribution in [-0.4, -0.2) is 37.0 Å². The molecule has 0 bridgehead atoms. The van der Waals surface area contributed by atoms with Gasteiger partial charge in [-0.1, -0.05) is 0 Å². The number of nitrogens with zero attached hydrogens (tertiary/aromatic N) is 1. The topological polar surface area (TPSA) is 70.9 Å². The zero-order valence-corrected chi connectivity index (χ0v) is 7.82. The lowest BCUT2D eigenvalue weighted by atomic mass is 10.3. The van der Waals surface area contributed by atoms with Gasteiger partial charge >= 0.3 is 0 Å². The van der Waals surface area contributed by atoms with E-state index in [9.17, 15) is 4.79 Å². The Morgan fingerprint density at radius 3 is 3.00 bits per heavy atom. The highest BCUT2D eigenvalue weighted by molar-refractivity contribution is 5.77. The number of hydrogen-bond acceptors (Lipinski definition) is 4.